The third kappa shape index (κ3) is 5.14. The van der Waals surface area contributed by atoms with Crippen molar-refractivity contribution < 1.29 is 4.21 Å². The maximum Gasteiger partial charge on any atom is 0.0357 e. The molecule has 1 aromatic rings. The fourth-order valence-electron chi connectivity index (χ4n) is 1.44. The van der Waals surface area contributed by atoms with E-state index < -0.39 is 10.8 Å². The highest BCUT2D eigenvalue weighted by Crippen LogP contribution is 2.01. The number of aryl methyl sites for hydroxylation is 1. The van der Waals surface area contributed by atoms with E-state index in [1.807, 2.05) is 0 Å². The molecule has 0 amide bonds. The summed E-state index contributed by atoms with van der Waals surface area (Å²) in [6.45, 7) is 4.95. The van der Waals surface area contributed by atoms with Gasteiger partial charge in [0.05, 0.1) is 0 Å². The van der Waals surface area contributed by atoms with E-state index in [1.165, 1.54) is 5.56 Å². The molecule has 0 radical (unpaired) electrons. The lowest BCUT2D eigenvalue weighted by Gasteiger charge is -2.01. The molecule has 3 nitrogen and oxygen atoms in total. The largest absolute Gasteiger partial charge is 0.354 e. The minimum atomic E-state index is -0.689. The normalized spacial score (nSPS) is 12.9. The molecule has 86 valence electrons. The summed E-state index contributed by atoms with van der Waals surface area (Å²) in [5.74, 6) is 0.732. The van der Waals surface area contributed by atoms with Crippen molar-refractivity contribution in [2.75, 3.05) is 18.6 Å². The molecular formula is C11H20N2OS. The molecule has 0 bridgehead atoms. The van der Waals surface area contributed by atoms with E-state index in [0.29, 0.717) is 0 Å². The smallest absolute Gasteiger partial charge is 0.0357 e. The molecule has 1 N–H and O–H groups in total. The van der Waals surface area contributed by atoms with Crippen molar-refractivity contribution in [3.63, 3.8) is 0 Å². The van der Waals surface area contributed by atoms with Gasteiger partial charge < -0.3 is 9.88 Å². The molecule has 0 aliphatic carbocycles. The first-order valence-corrected chi connectivity index (χ1v) is 7.10. The van der Waals surface area contributed by atoms with Crippen molar-refractivity contribution >= 4 is 10.8 Å². The molecule has 1 aromatic heterocycles. The van der Waals surface area contributed by atoms with Crippen LogP contribution < -0.4 is 5.32 Å². The van der Waals surface area contributed by atoms with Gasteiger partial charge in [-0.15, -0.1) is 0 Å². The van der Waals surface area contributed by atoms with Gasteiger partial charge in [-0.2, -0.15) is 0 Å². The lowest BCUT2D eigenvalue weighted by atomic mass is 10.3. The molecule has 0 saturated heterocycles. The fourth-order valence-corrected chi connectivity index (χ4v) is 1.87. The third-order valence-corrected chi connectivity index (χ3v) is 2.97. The first kappa shape index (κ1) is 12.5. The summed E-state index contributed by atoms with van der Waals surface area (Å²) in [6, 6.07) is 2.13. The molecule has 1 rings (SSSR count). The van der Waals surface area contributed by atoms with Gasteiger partial charge in [0.2, 0.25) is 0 Å². The van der Waals surface area contributed by atoms with E-state index in [4.69, 9.17) is 0 Å². The van der Waals surface area contributed by atoms with Gasteiger partial charge in [0.25, 0.3) is 0 Å². The predicted molar refractivity (Wildman–Crippen MR) is 65.4 cm³/mol. The highest BCUT2D eigenvalue weighted by molar-refractivity contribution is 7.84. The van der Waals surface area contributed by atoms with Crippen LogP contribution in [0, 0.1) is 0 Å². The summed E-state index contributed by atoms with van der Waals surface area (Å²) in [5, 5.41) is 3.28. The Morgan fingerprint density at radius 2 is 2.33 bits per heavy atom. The number of nitrogens with zero attached hydrogens (tertiary/aromatic N) is 1. The summed E-state index contributed by atoms with van der Waals surface area (Å²) in [7, 11) is -0.689. The quantitative estimate of drug-likeness (QED) is 0.715. The lowest BCUT2D eigenvalue weighted by Crippen LogP contribution is -2.19. The molecule has 1 heterocycles. The number of aromatic nitrogens is 1. The van der Waals surface area contributed by atoms with E-state index in [1.54, 1.807) is 6.26 Å². The number of hydrogen-bond donors (Lipinski definition) is 1. The Morgan fingerprint density at radius 3 is 3.00 bits per heavy atom. The van der Waals surface area contributed by atoms with E-state index in [0.717, 1.165) is 31.8 Å². The van der Waals surface area contributed by atoms with E-state index in [-0.39, 0.29) is 0 Å². The summed E-state index contributed by atoms with van der Waals surface area (Å²) in [6.07, 6.45) is 7.17. The standard InChI is InChI=1S/C11H20N2OS/c1-3-6-13-7-4-11(10-13)9-12-5-8-15(2)14/h4,7,10,12H,3,5-6,8-9H2,1-2H3. The summed E-state index contributed by atoms with van der Waals surface area (Å²) in [4.78, 5) is 0. The summed E-state index contributed by atoms with van der Waals surface area (Å²) < 4.78 is 13.0. The van der Waals surface area contributed by atoms with Crippen LogP contribution in [0.15, 0.2) is 18.5 Å². The minimum absolute atomic E-state index is 0.689. The van der Waals surface area contributed by atoms with Crippen LogP contribution in [0.5, 0.6) is 0 Å². The van der Waals surface area contributed by atoms with Crippen LogP contribution in [0.2, 0.25) is 0 Å². The van der Waals surface area contributed by atoms with Crippen LogP contribution in [-0.2, 0) is 23.9 Å². The second kappa shape index (κ2) is 6.80. The first-order valence-electron chi connectivity index (χ1n) is 5.37. The Kier molecular flexibility index (Phi) is 5.65. The molecule has 0 fully saturated rings. The van der Waals surface area contributed by atoms with Gasteiger partial charge in [-0.1, -0.05) is 6.92 Å². The second-order valence-corrected chi connectivity index (χ2v) is 5.27. The Hall–Kier alpha value is -0.610. The molecule has 15 heavy (non-hydrogen) atoms. The van der Waals surface area contributed by atoms with Crippen LogP contribution in [-0.4, -0.2) is 27.3 Å². The minimum Gasteiger partial charge on any atom is -0.354 e. The van der Waals surface area contributed by atoms with Crippen molar-refractivity contribution in [2.24, 2.45) is 0 Å². The predicted octanol–water partition coefficient (Wildman–Crippen LogP) is 1.37. The van der Waals surface area contributed by atoms with Crippen molar-refractivity contribution in [1.82, 2.24) is 9.88 Å². The topological polar surface area (TPSA) is 34.0 Å². The maximum atomic E-state index is 10.8. The van der Waals surface area contributed by atoms with E-state index in [2.05, 4.69) is 35.3 Å². The Labute approximate surface area is 94.3 Å². The molecule has 1 unspecified atom stereocenters. The van der Waals surface area contributed by atoms with Gasteiger partial charge >= 0.3 is 0 Å². The van der Waals surface area contributed by atoms with Gasteiger partial charge in [0, 0.05) is 54.8 Å². The highest BCUT2D eigenvalue weighted by atomic mass is 32.2. The molecular weight excluding hydrogens is 208 g/mol. The summed E-state index contributed by atoms with van der Waals surface area (Å²) in [5.41, 5.74) is 1.30. The zero-order valence-electron chi connectivity index (χ0n) is 9.53. The zero-order chi connectivity index (χ0) is 11.1. The van der Waals surface area contributed by atoms with Crippen LogP contribution in [0.3, 0.4) is 0 Å². The molecule has 0 aliphatic rings. The lowest BCUT2D eigenvalue weighted by molar-refractivity contribution is 0.669. The van der Waals surface area contributed by atoms with Crippen molar-refractivity contribution in [3.05, 3.63) is 24.0 Å². The van der Waals surface area contributed by atoms with Crippen LogP contribution in [0.25, 0.3) is 0 Å². The van der Waals surface area contributed by atoms with E-state index >= 15 is 0 Å². The van der Waals surface area contributed by atoms with Crippen molar-refractivity contribution in [3.8, 4) is 0 Å². The van der Waals surface area contributed by atoms with E-state index in [9.17, 15) is 4.21 Å². The Balaban J connectivity index is 2.22. The molecule has 0 aromatic carbocycles. The van der Waals surface area contributed by atoms with Crippen molar-refractivity contribution in [1.29, 1.82) is 0 Å². The number of rotatable bonds is 7. The van der Waals surface area contributed by atoms with Crippen LogP contribution in [0.4, 0.5) is 0 Å². The maximum absolute atomic E-state index is 10.8. The average molecular weight is 228 g/mol. The summed E-state index contributed by atoms with van der Waals surface area (Å²) >= 11 is 0. The molecule has 0 aliphatic heterocycles. The highest BCUT2D eigenvalue weighted by Gasteiger charge is 1.96. The van der Waals surface area contributed by atoms with Gasteiger partial charge in [0.1, 0.15) is 0 Å². The zero-order valence-corrected chi connectivity index (χ0v) is 10.3. The van der Waals surface area contributed by atoms with Crippen LogP contribution >= 0.6 is 0 Å². The van der Waals surface area contributed by atoms with Crippen molar-refractivity contribution in [2.45, 2.75) is 26.4 Å². The van der Waals surface area contributed by atoms with Gasteiger partial charge in [-0.25, -0.2) is 0 Å². The monoisotopic (exact) mass is 228 g/mol. The van der Waals surface area contributed by atoms with Crippen LogP contribution in [0.1, 0.15) is 18.9 Å². The average Bonchev–Trinajstić information content (AvgIpc) is 2.61. The third-order valence-electron chi connectivity index (χ3n) is 2.19. The van der Waals surface area contributed by atoms with Gasteiger partial charge in [0.15, 0.2) is 0 Å². The molecule has 0 saturated carbocycles. The Bertz CT molecular complexity index is 309. The first-order chi connectivity index (χ1) is 7.22. The fraction of sp³-hybridized carbons (Fsp3) is 0.636. The molecule has 4 heteroatoms. The molecule has 0 spiro atoms. The number of hydrogen-bond acceptors (Lipinski definition) is 2. The second-order valence-electron chi connectivity index (χ2n) is 3.71. The van der Waals surface area contributed by atoms with Gasteiger partial charge in [-0.3, -0.25) is 4.21 Å². The molecule has 1 atom stereocenters. The number of nitrogens with one attached hydrogen (secondary N) is 1. The SMILES string of the molecule is CCCn1ccc(CNCCS(C)=O)c1. The van der Waals surface area contributed by atoms with Gasteiger partial charge in [-0.05, 0) is 18.1 Å². The Morgan fingerprint density at radius 1 is 1.53 bits per heavy atom.